The van der Waals surface area contributed by atoms with Crippen LogP contribution in [0, 0.1) is 22.6 Å². The second-order valence-corrected chi connectivity index (χ2v) is 9.14. The minimum absolute atomic E-state index is 0.0290. The molecule has 1 aromatic carbocycles. The van der Waals surface area contributed by atoms with Crippen molar-refractivity contribution < 1.29 is 12.8 Å². The zero-order valence-electron chi connectivity index (χ0n) is 12.7. The topological polar surface area (TPSA) is 46.2 Å². The fourth-order valence-corrected chi connectivity index (χ4v) is 5.96. The summed E-state index contributed by atoms with van der Waals surface area (Å²) in [5, 5.41) is 0. The Labute approximate surface area is 126 Å². The van der Waals surface area contributed by atoms with Gasteiger partial charge < -0.3 is 0 Å². The van der Waals surface area contributed by atoms with E-state index >= 15 is 0 Å². The van der Waals surface area contributed by atoms with Crippen molar-refractivity contribution in [1.82, 2.24) is 4.72 Å². The molecule has 2 fully saturated rings. The van der Waals surface area contributed by atoms with Crippen LogP contribution in [0.1, 0.15) is 40.0 Å². The Kier molecular flexibility index (Phi) is 3.23. The van der Waals surface area contributed by atoms with Crippen LogP contribution in [0.2, 0.25) is 0 Å². The van der Waals surface area contributed by atoms with Gasteiger partial charge in [0.15, 0.2) is 0 Å². The zero-order chi connectivity index (χ0) is 15.5. The molecule has 0 heterocycles. The molecule has 0 aromatic heterocycles. The normalized spacial score (nSPS) is 34.3. The van der Waals surface area contributed by atoms with E-state index in [1.165, 1.54) is 30.7 Å². The summed E-state index contributed by atoms with van der Waals surface area (Å²) in [6.45, 7) is 6.49. The van der Waals surface area contributed by atoms with Crippen molar-refractivity contribution in [2.24, 2.45) is 16.7 Å². The molecule has 0 spiro atoms. The predicted octanol–water partition coefficient (Wildman–Crippen LogP) is 3.32. The van der Waals surface area contributed by atoms with Crippen LogP contribution in [0.4, 0.5) is 4.39 Å². The zero-order valence-corrected chi connectivity index (χ0v) is 13.5. The molecular weight excluding hydrogens is 289 g/mol. The summed E-state index contributed by atoms with van der Waals surface area (Å²) in [6, 6.07) is 4.93. The summed E-state index contributed by atoms with van der Waals surface area (Å²) in [5.41, 5.74) is -0.0125. The number of rotatable bonds is 3. The van der Waals surface area contributed by atoms with E-state index in [2.05, 4.69) is 25.5 Å². The molecule has 21 heavy (non-hydrogen) atoms. The van der Waals surface area contributed by atoms with Crippen molar-refractivity contribution in [1.29, 1.82) is 0 Å². The minimum atomic E-state index is -3.61. The highest BCUT2D eigenvalue weighted by Crippen LogP contribution is 2.62. The van der Waals surface area contributed by atoms with Crippen LogP contribution in [0.3, 0.4) is 0 Å². The molecule has 0 saturated heterocycles. The molecule has 1 aromatic rings. The van der Waals surface area contributed by atoms with Crippen LogP contribution in [0.15, 0.2) is 29.2 Å². The van der Waals surface area contributed by atoms with E-state index in [0.717, 1.165) is 12.8 Å². The fraction of sp³-hybridized carbons (Fsp3) is 0.625. The van der Waals surface area contributed by atoms with Crippen molar-refractivity contribution in [2.45, 2.75) is 51.0 Å². The van der Waals surface area contributed by atoms with Gasteiger partial charge in [-0.15, -0.1) is 0 Å². The number of hydrogen-bond acceptors (Lipinski definition) is 2. The first-order valence-electron chi connectivity index (χ1n) is 7.43. The van der Waals surface area contributed by atoms with Crippen LogP contribution in [-0.2, 0) is 10.0 Å². The lowest BCUT2D eigenvalue weighted by atomic mass is 9.69. The van der Waals surface area contributed by atoms with E-state index in [1.807, 2.05) is 0 Å². The molecule has 5 heteroatoms. The molecule has 0 radical (unpaired) electrons. The third-order valence-corrected chi connectivity index (χ3v) is 7.11. The van der Waals surface area contributed by atoms with Crippen LogP contribution in [0.5, 0.6) is 0 Å². The lowest BCUT2D eigenvalue weighted by molar-refractivity contribution is 0.127. The van der Waals surface area contributed by atoms with Gasteiger partial charge >= 0.3 is 0 Å². The summed E-state index contributed by atoms with van der Waals surface area (Å²) in [7, 11) is -3.61. The Balaban J connectivity index is 1.91. The quantitative estimate of drug-likeness (QED) is 0.931. The Hall–Kier alpha value is -0.940. The summed E-state index contributed by atoms with van der Waals surface area (Å²) < 4.78 is 41.0. The molecule has 116 valence electrons. The van der Waals surface area contributed by atoms with Crippen molar-refractivity contribution in [2.75, 3.05) is 0 Å². The van der Waals surface area contributed by atoms with Crippen molar-refractivity contribution in [3.8, 4) is 0 Å². The lowest BCUT2D eigenvalue weighted by Gasteiger charge is -2.42. The molecule has 2 bridgehead atoms. The van der Waals surface area contributed by atoms with Gasteiger partial charge in [0.2, 0.25) is 10.0 Å². The van der Waals surface area contributed by atoms with E-state index in [0.29, 0.717) is 5.92 Å². The molecular formula is C16H22FNO2S. The average molecular weight is 311 g/mol. The lowest BCUT2D eigenvalue weighted by Crippen LogP contribution is -2.52. The van der Waals surface area contributed by atoms with Gasteiger partial charge in [-0.25, -0.2) is 17.5 Å². The first-order chi connectivity index (χ1) is 9.65. The number of fused-ring (bicyclic) bond motifs is 2. The molecule has 3 rings (SSSR count). The molecule has 3 atom stereocenters. The van der Waals surface area contributed by atoms with Crippen LogP contribution < -0.4 is 4.72 Å². The van der Waals surface area contributed by atoms with Crippen molar-refractivity contribution >= 4 is 10.0 Å². The molecule has 1 N–H and O–H groups in total. The monoisotopic (exact) mass is 311 g/mol. The Bertz CT molecular complexity index is 649. The predicted molar refractivity (Wildman–Crippen MR) is 79.7 cm³/mol. The second kappa shape index (κ2) is 4.53. The smallest absolute Gasteiger partial charge is 0.207 e. The second-order valence-electron chi connectivity index (χ2n) is 7.42. The maximum atomic E-state index is 13.0. The van der Waals surface area contributed by atoms with E-state index < -0.39 is 15.8 Å². The van der Waals surface area contributed by atoms with Crippen molar-refractivity contribution in [3.05, 3.63) is 30.1 Å². The van der Waals surface area contributed by atoms with E-state index in [4.69, 9.17) is 0 Å². The van der Waals surface area contributed by atoms with Gasteiger partial charge in [0.05, 0.1) is 4.90 Å². The highest BCUT2D eigenvalue weighted by molar-refractivity contribution is 7.89. The number of benzene rings is 1. The Morgan fingerprint density at radius 2 is 1.81 bits per heavy atom. The summed E-state index contributed by atoms with van der Waals surface area (Å²) in [6.07, 6.45) is 3.33. The number of sulfonamides is 1. The molecule has 0 amide bonds. The first kappa shape index (κ1) is 15.0. The third-order valence-electron chi connectivity index (χ3n) is 5.67. The van der Waals surface area contributed by atoms with Crippen LogP contribution >= 0.6 is 0 Å². The molecule has 2 aliphatic carbocycles. The van der Waals surface area contributed by atoms with Gasteiger partial charge in [0.25, 0.3) is 0 Å². The van der Waals surface area contributed by atoms with Gasteiger partial charge in [-0.2, -0.15) is 0 Å². The largest absolute Gasteiger partial charge is 0.240 e. The first-order valence-corrected chi connectivity index (χ1v) is 8.91. The van der Waals surface area contributed by atoms with E-state index in [-0.39, 0.29) is 21.8 Å². The standard InChI is InChI=1S/C16H22FNO2S/c1-15(2)11-8-9-16(3,10-11)14(15)18-21(19,20)13-6-4-12(17)5-7-13/h4-7,11,14,18H,8-10H2,1-3H3/t11-,14-,16+/m1/s1. The third kappa shape index (κ3) is 2.30. The maximum Gasteiger partial charge on any atom is 0.240 e. The van der Waals surface area contributed by atoms with Gasteiger partial charge in [-0.1, -0.05) is 20.8 Å². The van der Waals surface area contributed by atoms with Gasteiger partial charge in [-0.3, -0.25) is 0 Å². The molecule has 0 aliphatic heterocycles. The highest BCUT2D eigenvalue weighted by atomic mass is 32.2. The van der Waals surface area contributed by atoms with Crippen molar-refractivity contribution in [3.63, 3.8) is 0 Å². The van der Waals surface area contributed by atoms with E-state index in [1.54, 1.807) is 0 Å². The molecule has 2 saturated carbocycles. The Morgan fingerprint density at radius 3 is 2.33 bits per heavy atom. The van der Waals surface area contributed by atoms with Gasteiger partial charge in [-0.05, 0) is 60.3 Å². The van der Waals surface area contributed by atoms with Gasteiger partial charge in [0.1, 0.15) is 5.82 Å². The number of nitrogens with one attached hydrogen (secondary N) is 1. The number of halogens is 1. The fourth-order valence-electron chi connectivity index (χ4n) is 4.43. The molecule has 2 aliphatic rings. The average Bonchev–Trinajstić information content (AvgIpc) is 2.87. The highest BCUT2D eigenvalue weighted by Gasteiger charge is 2.60. The maximum absolute atomic E-state index is 13.0. The van der Waals surface area contributed by atoms with E-state index in [9.17, 15) is 12.8 Å². The Morgan fingerprint density at radius 1 is 1.19 bits per heavy atom. The summed E-state index contributed by atoms with van der Waals surface area (Å²) >= 11 is 0. The number of hydrogen-bond donors (Lipinski definition) is 1. The minimum Gasteiger partial charge on any atom is -0.207 e. The van der Waals surface area contributed by atoms with Gasteiger partial charge in [0, 0.05) is 6.04 Å². The van der Waals surface area contributed by atoms with Crippen LogP contribution in [0.25, 0.3) is 0 Å². The summed E-state index contributed by atoms with van der Waals surface area (Å²) in [4.78, 5) is 0.131. The summed E-state index contributed by atoms with van der Waals surface area (Å²) in [5.74, 6) is 0.143. The molecule has 0 unspecified atom stereocenters. The van der Waals surface area contributed by atoms with Crippen LogP contribution in [-0.4, -0.2) is 14.5 Å². The SMILES string of the molecule is CC1(C)[C@@H]2CC[C@@](C)(C2)[C@@H]1NS(=O)(=O)c1ccc(F)cc1. The molecule has 3 nitrogen and oxygen atoms in total.